The van der Waals surface area contributed by atoms with Crippen molar-refractivity contribution in [3.8, 4) is 5.75 Å². The van der Waals surface area contributed by atoms with E-state index in [0.717, 1.165) is 30.5 Å². The maximum absolute atomic E-state index is 14.5. The van der Waals surface area contributed by atoms with Gasteiger partial charge in [0.2, 0.25) is 11.8 Å². The molecule has 200 valence electrons. The van der Waals surface area contributed by atoms with Crippen LogP contribution in [0.5, 0.6) is 5.75 Å². The van der Waals surface area contributed by atoms with Crippen LogP contribution in [-0.2, 0) is 15.0 Å². The lowest BCUT2D eigenvalue weighted by Crippen LogP contribution is -2.66. The van der Waals surface area contributed by atoms with Crippen LogP contribution in [0.3, 0.4) is 0 Å². The molecule has 2 unspecified atom stereocenters. The molecular formula is C26H29F4N3O3S. The third-order valence-corrected chi connectivity index (χ3v) is 7.65. The number of amides is 2. The van der Waals surface area contributed by atoms with Gasteiger partial charge >= 0.3 is 5.51 Å². The van der Waals surface area contributed by atoms with Gasteiger partial charge in [-0.05, 0) is 65.9 Å². The summed E-state index contributed by atoms with van der Waals surface area (Å²) >= 11 is -0.512. The first-order chi connectivity index (χ1) is 17.4. The summed E-state index contributed by atoms with van der Waals surface area (Å²) in [5.41, 5.74) is -3.85. The molecule has 0 bridgehead atoms. The molecule has 0 aromatic heterocycles. The van der Waals surface area contributed by atoms with Crippen molar-refractivity contribution in [2.75, 3.05) is 7.11 Å². The maximum atomic E-state index is 14.5. The molecule has 37 heavy (non-hydrogen) atoms. The Labute approximate surface area is 216 Å². The molecule has 1 heterocycles. The van der Waals surface area contributed by atoms with E-state index in [4.69, 9.17) is 4.74 Å². The molecular weight excluding hydrogens is 510 g/mol. The zero-order chi connectivity index (χ0) is 27.0. The van der Waals surface area contributed by atoms with Crippen LogP contribution in [-0.4, -0.2) is 36.6 Å². The second-order valence-electron chi connectivity index (χ2n) is 9.94. The summed E-state index contributed by atoms with van der Waals surface area (Å²) < 4.78 is 57.7. The number of nitrogens with one attached hydrogen (secondary N) is 3. The average molecular weight is 540 g/mol. The number of ether oxygens (including phenoxy) is 1. The summed E-state index contributed by atoms with van der Waals surface area (Å²) in [4.78, 5) is 25.3. The molecule has 1 saturated heterocycles. The third-order valence-electron chi connectivity index (χ3n) is 6.87. The summed E-state index contributed by atoms with van der Waals surface area (Å²) in [7, 11) is 1.57. The molecule has 1 aliphatic heterocycles. The van der Waals surface area contributed by atoms with Crippen molar-refractivity contribution >= 4 is 23.6 Å². The van der Waals surface area contributed by atoms with Crippen molar-refractivity contribution in [1.82, 2.24) is 16.0 Å². The number of hydrogen-bond donors (Lipinski definition) is 3. The second-order valence-corrected chi connectivity index (χ2v) is 11.0. The molecule has 2 fully saturated rings. The SMILES string of the molecule is COc1ccc(C(C)(C)C2NC(=O)CC(C(=O)N[C@@H](c3ccc(SC(F)(F)F)c(F)c3)C3CC3)N2)cc1. The maximum Gasteiger partial charge on any atom is 0.446 e. The van der Waals surface area contributed by atoms with Gasteiger partial charge in [-0.3, -0.25) is 14.9 Å². The normalized spacial score (nSPS) is 21.2. The van der Waals surface area contributed by atoms with Gasteiger partial charge in [-0.1, -0.05) is 32.0 Å². The number of halogens is 4. The van der Waals surface area contributed by atoms with Crippen LogP contribution in [0, 0.1) is 11.7 Å². The predicted molar refractivity (Wildman–Crippen MR) is 131 cm³/mol. The van der Waals surface area contributed by atoms with Gasteiger partial charge in [-0.2, -0.15) is 13.2 Å². The van der Waals surface area contributed by atoms with E-state index in [1.54, 1.807) is 7.11 Å². The van der Waals surface area contributed by atoms with Crippen LogP contribution < -0.4 is 20.7 Å². The van der Waals surface area contributed by atoms with Crippen LogP contribution in [0.2, 0.25) is 0 Å². The first-order valence-electron chi connectivity index (χ1n) is 11.9. The number of methoxy groups -OCH3 is 1. The molecule has 2 aliphatic rings. The lowest BCUT2D eigenvalue weighted by atomic mass is 9.80. The van der Waals surface area contributed by atoms with Crippen molar-refractivity contribution in [2.24, 2.45) is 5.92 Å². The lowest BCUT2D eigenvalue weighted by molar-refractivity contribution is -0.133. The number of benzene rings is 2. The predicted octanol–water partition coefficient (Wildman–Crippen LogP) is 4.80. The fourth-order valence-corrected chi connectivity index (χ4v) is 5.07. The number of carbonyl (C=O) groups excluding carboxylic acids is 2. The molecule has 4 rings (SSSR count). The van der Waals surface area contributed by atoms with E-state index < -0.39 is 57.6 Å². The van der Waals surface area contributed by atoms with Crippen LogP contribution in [0.4, 0.5) is 17.6 Å². The number of alkyl halides is 3. The number of rotatable bonds is 8. The fourth-order valence-electron chi connectivity index (χ4n) is 4.53. The quantitative estimate of drug-likeness (QED) is 0.332. The standard InChI is InChI=1S/C26H29F4N3O3S/c1-25(2,16-7-9-17(36-3)10-8-16)24-31-19(13-21(34)32-24)23(35)33-22(14-4-5-14)15-6-11-20(18(27)12-15)37-26(28,29)30/h6-12,14,19,22,24,31H,4-5,13H2,1-3H3,(H,32,34)(H,33,35)/t19?,22-,24?/m1/s1. The summed E-state index contributed by atoms with van der Waals surface area (Å²) in [5.74, 6) is -0.945. The molecule has 11 heteroatoms. The Bertz CT molecular complexity index is 1150. The van der Waals surface area contributed by atoms with Crippen LogP contribution in [0.25, 0.3) is 0 Å². The van der Waals surface area contributed by atoms with Crippen molar-refractivity contribution in [3.63, 3.8) is 0 Å². The molecule has 3 N–H and O–H groups in total. The highest BCUT2D eigenvalue weighted by Gasteiger charge is 2.41. The molecule has 2 amide bonds. The van der Waals surface area contributed by atoms with E-state index >= 15 is 0 Å². The minimum atomic E-state index is -4.60. The van der Waals surface area contributed by atoms with E-state index in [1.165, 1.54) is 6.07 Å². The highest BCUT2D eigenvalue weighted by Crippen LogP contribution is 2.43. The van der Waals surface area contributed by atoms with Crippen LogP contribution >= 0.6 is 11.8 Å². The average Bonchev–Trinajstić information content (AvgIpc) is 3.68. The topological polar surface area (TPSA) is 79.5 Å². The van der Waals surface area contributed by atoms with Crippen molar-refractivity contribution < 1.29 is 31.9 Å². The summed E-state index contributed by atoms with van der Waals surface area (Å²) in [6, 6.07) is 9.60. The van der Waals surface area contributed by atoms with Gasteiger partial charge in [0.25, 0.3) is 0 Å². The molecule has 1 aliphatic carbocycles. The Morgan fingerprint density at radius 1 is 1.14 bits per heavy atom. The molecule has 3 atom stereocenters. The summed E-state index contributed by atoms with van der Waals surface area (Å²) in [6.07, 6.45) is 0.983. The van der Waals surface area contributed by atoms with E-state index in [0.29, 0.717) is 11.3 Å². The first-order valence-corrected chi connectivity index (χ1v) is 12.7. The van der Waals surface area contributed by atoms with E-state index in [1.807, 2.05) is 38.1 Å². The van der Waals surface area contributed by atoms with E-state index in [9.17, 15) is 27.2 Å². The van der Waals surface area contributed by atoms with Crippen LogP contribution in [0.1, 0.15) is 50.3 Å². The Morgan fingerprint density at radius 3 is 2.38 bits per heavy atom. The number of thioether (sulfide) groups is 1. The minimum absolute atomic E-state index is 0.0495. The summed E-state index contributed by atoms with van der Waals surface area (Å²) in [6.45, 7) is 3.90. The number of hydrogen-bond acceptors (Lipinski definition) is 5. The Kier molecular flexibility index (Phi) is 7.75. The smallest absolute Gasteiger partial charge is 0.446 e. The Morgan fingerprint density at radius 2 is 1.81 bits per heavy atom. The first kappa shape index (κ1) is 27.3. The van der Waals surface area contributed by atoms with Gasteiger partial charge in [-0.25, -0.2) is 4.39 Å². The molecule has 6 nitrogen and oxygen atoms in total. The molecule has 0 spiro atoms. The van der Waals surface area contributed by atoms with E-state index in [-0.39, 0.29) is 18.2 Å². The molecule has 2 aromatic carbocycles. The van der Waals surface area contributed by atoms with Crippen molar-refractivity contribution in [2.45, 2.75) is 67.2 Å². The van der Waals surface area contributed by atoms with Crippen LogP contribution in [0.15, 0.2) is 47.4 Å². The highest BCUT2D eigenvalue weighted by molar-refractivity contribution is 8.00. The van der Waals surface area contributed by atoms with Gasteiger partial charge in [0.05, 0.1) is 36.7 Å². The largest absolute Gasteiger partial charge is 0.497 e. The molecule has 2 aromatic rings. The second kappa shape index (κ2) is 10.5. The monoisotopic (exact) mass is 539 g/mol. The highest BCUT2D eigenvalue weighted by atomic mass is 32.2. The molecule has 1 saturated carbocycles. The third kappa shape index (κ3) is 6.56. The van der Waals surface area contributed by atoms with Gasteiger partial charge in [0.15, 0.2) is 0 Å². The summed E-state index contributed by atoms with van der Waals surface area (Å²) in [5, 5.41) is 9.07. The molecule has 0 radical (unpaired) electrons. The zero-order valence-corrected chi connectivity index (χ0v) is 21.4. The Hall–Kier alpha value is -2.79. The van der Waals surface area contributed by atoms with Gasteiger partial charge < -0.3 is 15.4 Å². The van der Waals surface area contributed by atoms with Gasteiger partial charge in [-0.15, -0.1) is 0 Å². The van der Waals surface area contributed by atoms with E-state index in [2.05, 4.69) is 16.0 Å². The zero-order valence-electron chi connectivity index (χ0n) is 20.6. The fraction of sp³-hybridized carbons (Fsp3) is 0.462. The van der Waals surface area contributed by atoms with Gasteiger partial charge in [0.1, 0.15) is 11.6 Å². The lowest BCUT2D eigenvalue weighted by Gasteiger charge is -2.41. The minimum Gasteiger partial charge on any atom is -0.497 e. The Balaban J connectivity index is 1.49. The van der Waals surface area contributed by atoms with Gasteiger partial charge in [0, 0.05) is 5.41 Å². The van der Waals surface area contributed by atoms with Crippen molar-refractivity contribution in [1.29, 1.82) is 0 Å². The van der Waals surface area contributed by atoms with Crippen molar-refractivity contribution in [3.05, 3.63) is 59.4 Å². The number of carbonyl (C=O) groups is 2.